The summed E-state index contributed by atoms with van der Waals surface area (Å²) in [6.07, 6.45) is 3.39. The zero-order chi connectivity index (χ0) is 14.7. The molecule has 2 rings (SSSR count). The summed E-state index contributed by atoms with van der Waals surface area (Å²) in [5.41, 5.74) is 0.0707. The fraction of sp³-hybridized carbons (Fsp3) is 0.625. The minimum absolute atomic E-state index is 0.156. The van der Waals surface area contributed by atoms with Crippen molar-refractivity contribution in [1.82, 2.24) is 0 Å². The second-order valence-electron chi connectivity index (χ2n) is 5.64. The quantitative estimate of drug-likeness (QED) is 0.908. The largest absolute Gasteiger partial charge is 0.385 e. The predicted octanol–water partition coefficient (Wildman–Crippen LogP) is 3.90. The van der Waals surface area contributed by atoms with Crippen LogP contribution in [-0.2, 0) is 4.74 Å². The van der Waals surface area contributed by atoms with Gasteiger partial charge in [-0.05, 0) is 37.3 Å². The molecule has 112 valence electrons. The normalized spacial score (nSPS) is 19.9. The smallest absolute Gasteiger partial charge is 0.134 e. The van der Waals surface area contributed by atoms with Crippen LogP contribution in [-0.4, -0.2) is 18.3 Å². The third-order valence-electron chi connectivity index (χ3n) is 4.31. The van der Waals surface area contributed by atoms with Gasteiger partial charge in [-0.25, -0.2) is 8.78 Å². The van der Waals surface area contributed by atoms with E-state index in [0.717, 1.165) is 25.7 Å². The molecule has 1 fully saturated rings. The second-order valence-corrected chi connectivity index (χ2v) is 5.64. The van der Waals surface area contributed by atoms with Crippen LogP contribution in [0.5, 0.6) is 0 Å². The highest BCUT2D eigenvalue weighted by Crippen LogP contribution is 2.36. The minimum atomic E-state index is -1.26. The Bertz CT molecular complexity index is 456. The van der Waals surface area contributed by atoms with E-state index in [1.807, 2.05) is 0 Å². The molecule has 1 aliphatic carbocycles. The molecule has 2 nitrogen and oxygen atoms in total. The molecule has 0 bridgehead atoms. The highest BCUT2D eigenvalue weighted by molar-refractivity contribution is 5.29. The molecule has 0 aromatic heterocycles. The van der Waals surface area contributed by atoms with E-state index in [-0.39, 0.29) is 11.5 Å². The van der Waals surface area contributed by atoms with E-state index in [1.165, 1.54) is 25.7 Å². The Morgan fingerprint density at radius 3 is 2.45 bits per heavy atom. The van der Waals surface area contributed by atoms with Gasteiger partial charge in [-0.3, -0.25) is 0 Å². The van der Waals surface area contributed by atoms with Crippen LogP contribution in [0.3, 0.4) is 0 Å². The monoisotopic (exact) mass is 284 g/mol. The van der Waals surface area contributed by atoms with Crippen molar-refractivity contribution in [3.63, 3.8) is 0 Å². The summed E-state index contributed by atoms with van der Waals surface area (Å²) in [5.74, 6) is -1.23. The van der Waals surface area contributed by atoms with Gasteiger partial charge in [-0.2, -0.15) is 0 Å². The maximum atomic E-state index is 14.1. The molecule has 2 unspecified atom stereocenters. The molecule has 1 N–H and O–H groups in total. The fourth-order valence-corrected chi connectivity index (χ4v) is 3.16. The van der Waals surface area contributed by atoms with Gasteiger partial charge in [0.25, 0.3) is 0 Å². The maximum Gasteiger partial charge on any atom is 0.134 e. The molecule has 0 saturated heterocycles. The Balaban J connectivity index is 2.28. The Morgan fingerprint density at radius 1 is 1.20 bits per heavy atom. The van der Waals surface area contributed by atoms with Gasteiger partial charge >= 0.3 is 0 Å². The average molecular weight is 284 g/mol. The van der Waals surface area contributed by atoms with Gasteiger partial charge in [0.1, 0.15) is 17.7 Å². The molecule has 0 spiro atoms. The summed E-state index contributed by atoms with van der Waals surface area (Å²) in [7, 11) is 1.49. The molecule has 2 atom stereocenters. The lowest BCUT2D eigenvalue weighted by atomic mass is 9.81. The van der Waals surface area contributed by atoms with E-state index in [0.29, 0.717) is 5.56 Å². The van der Waals surface area contributed by atoms with Crippen molar-refractivity contribution in [3.05, 3.63) is 34.9 Å². The van der Waals surface area contributed by atoms with Crippen molar-refractivity contribution in [1.29, 1.82) is 0 Å². The fourth-order valence-electron chi connectivity index (χ4n) is 3.16. The van der Waals surface area contributed by atoms with Crippen LogP contribution in [0.4, 0.5) is 8.78 Å². The number of ether oxygens (including phenoxy) is 1. The van der Waals surface area contributed by atoms with Crippen molar-refractivity contribution in [3.8, 4) is 0 Å². The highest BCUT2D eigenvalue weighted by Gasteiger charge is 2.33. The van der Waals surface area contributed by atoms with Crippen molar-refractivity contribution >= 4 is 0 Å². The first-order valence-corrected chi connectivity index (χ1v) is 7.21. The van der Waals surface area contributed by atoms with Gasteiger partial charge in [0.2, 0.25) is 0 Å². The Kier molecular flexibility index (Phi) is 5.11. The van der Waals surface area contributed by atoms with Crippen LogP contribution < -0.4 is 0 Å². The number of aliphatic hydroxyl groups excluding tert-OH is 1. The molecule has 1 aliphatic rings. The number of hydrogen-bond acceptors (Lipinski definition) is 2. The van der Waals surface area contributed by atoms with Crippen molar-refractivity contribution in [2.24, 2.45) is 5.92 Å². The first-order chi connectivity index (χ1) is 9.56. The van der Waals surface area contributed by atoms with Crippen molar-refractivity contribution in [2.75, 3.05) is 7.11 Å². The molecule has 0 heterocycles. The van der Waals surface area contributed by atoms with Gasteiger partial charge in [0.05, 0.1) is 11.7 Å². The number of methoxy groups -OCH3 is 1. The van der Waals surface area contributed by atoms with Gasteiger partial charge in [0, 0.05) is 7.11 Å². The van der Waals surface area contributed by atoms with E-state index < -0.39 is 23.8 Å². The summed E-state index contributed by atoms with van der Waals surface area (Å²) >= 11 is 0. The number of rotatable bonds is 4. The van der Waals surface area contributed by atoms with Crippen LogP contribution >= 0.6 is 0 Å². The summed E-state index contributed by atoms with van der Waals surface area (Å²) in [5, 5.41) is 10.4. The standard InChI is InChI=1S/C16H22F2O2/c1-10-8-9-12(17)13(14(10)18)15(19)16(20-2)11-6-4-3-5-7-11/h8-9,11,15-16,19H,3-7H2,1-2H3. The van der Waals surface area contributed by atoms with E-state index in [1.54, 1.807) is 6.92 Å². The Labute approximate surface area is 118 Å². The molecule has 1 saturated carbocycles. The van der Waals surface area contributed by atoms with E-state index in [4.69, 9.17) is 4.74 Å². The molecule has 1 aromatic rings. The molecule has 20 heavy (non-hydrogen) atoms. The first kappa shape index (κ1) is 15.4. The predicted molar refractivity (Wildman–Crippen MR) is 73.4 cm³/mol. The van der Waals surface area contributed by atoms with Crippen LogP contribution in [0.1, 0.15) is 49.3 Å². The number of benzene rings is 1. The molecular formula is C16H22F2O2. The van der Waals surface area contributed by atoms with Gasteiger partial charge in [-0.15, -0.1) is 0 Å². The first-order valence-electron chi connectivity index (χ1n) is 7.21. The van der Waals surface area contributed by atoms with Crippen LogP contribution in [0, 0.1) is 24.5 Å². The Morgan fingerprint density at radius 2 is 1.85 bits per heavy atom. The summed E-state index contributed by atoms with van der Waals surface area (Å²) in [6.45, 7) is 1.56. The topological polar surface area (TPSA) is 29.5 Å². The zero-order valence-corrected chi connectivity index (χ0v) is 12.0. The molecular weight excluding hydrogens is 262 g/mol. The molecule has 0 radical (unpaired) electrons. The lowest BCUT2D eigenvalue weighted by molar-refractivity contribution is -0.0585. The van der Waals surface area contributed by atoms with E-state index in [9.17, 15) is 13.9 Å². The van der Waals surface area contributed by atoms with Gasteiger partial charge < -0.3 is 9.84 Å². The molecule has 0 amide bonds. The van der Waals surface area contributed by atoms with E-state index >= 15 is 0 Å². The van der Waals surface area contributed by atoms with Crippen LogP contribution in [0.25, 0.3) is 0 Å². The maximum absolute atomic E-state index is 14.1. The molecule has 0 aliphatic heterocycles. The number of hydrogen-bond donors (Lipinski definition) is 1. The minimum Gasteiger partial charge on any atom is -0.385 e. The number of aryl methyl sites for hydroxylation is 1. The van der Waals surface area contributed by atoms with Gasteiger partial charge in [0.15, 0.2) is 0 Å². The van der Waals surface area contributed by atoms with E-state index in [2.05, 4.69) is 0 Å². The van der Waals surface area contributed by atoms with Crippen LogP contribution in [0.15, 0.2) is 12.1 Å². The average Bonchev–Trinajstić information content (AvgIpc) is 2.45. The summed E-state index contributed by atoms with van der Waals surface area (Å²) < 4.78 is 33.4. The highest BCUT2D eigenvalue weighted by atomic mass is 19.1. The zero-order valence-electron chi connectivity index (χ0n) is 12.0. The third-order valence-corrected chi connectivity index (χ3v) is 4.31. The second kappa shape index (κ2) is 6.64. The lowest BCUT2D eigenvalue weighted by Crippen LogP contribution is -2.32. The third kappa shape index (κ3) is 3.01. The van der Waals surface area contributed by atoms with Crippen molar-refractivity contribution in [2.45, 2.75) is 51.2 Å². The molecule has 1 aromatic carbocycles. The number of aliphatic hydroxyl groups is 1. The molecule has 4 heteroatoms. The van der Waals surface area contributed by atoms with Crippen molar-refractivity contribution < 1.29 is 18.6 Å². The summed E-state index contributed by atoms with van der Waals surface area (Å²) in [4.78, 5) is 0. The lowest BCUT2D eigenvalue weighted by Gasteiger charge is -2.33. The van der Waals surface area contributed by atoms with Crippen LogP contribution in [0.2, 0.25) is 0 Å². The SMILES string of the molecule is COC(C1CCCCC1)C(O)c1c(F)ccc(C)c1F. The number of halogens is 2. The van der Waals surface area contributed by atoms with Gasteiger partial charge in [-0.1, -0.05) is 25.3 Å². The Hall–Kier alpha value is -1.00. The summed E-state index contributed by atoms with van der Waals surface area (Å²) in [6, 6.07) is 2.58.